The molecule has 1 N–H and O–H groups in total. The van der Waals surface area contributed by atoms with E-state index in [0.29, 0.717) is 21.9 Å². The van der Waals surface area contributed by atoms with Gasteiger partial charge in [-0.05, 0) is 29.6 Å². The summed E-state index contributed by atoms with van der Waals surface area (Å²) in [5.41, 5.74) is 0.961. The Labute approximate surface area is 108 Å². The molecule has 0 aliphatic carbocycles. The molecular weight excluding hydrogens is 248 g/mol. The number of carbonyl (C=O) groups excluding carboxylic acids is 1. The lowest BCUT2D eigenvalue weighted by molar-refractivity contribution is 0.102. The summed E-state index contributed by atoms with van der Waals surface area (Å²) in [6, 6.07) is 10.5. The van der Waals surface area contributed by atoms with Gasteiger partial charge >= 0.3 is 0 Å². The first kappa shape index (κ1) is 12.1. The van der Waals surface area contributed by atoms with Gasteiger partial charge in [0.1, 0.15) is 16.8 Å². The van der Waals surface area contributed by atoms with Gasteiger partial charge in [-0.3, -0.25) is 4.79 Å². The van der Waals surface area contributed by atoms with Gasteiger partial charge < -0.3 is 10.1 Å². The van der Waals surface area contributed by atoms with Gasteiger partial charge in [-0.2, -0.15) is 5.26 Å². The van der Waals surface area contributed by atoms with Crippen molar-refractivity contribution in [2.45, 2.75) is 0 Å². The molecule has 0 saturated carbocycles. The molecule has 0 radical (unpaired) electrons. The van der Waals surface area contributed by atoms with Crippen molar-refractivity contribution in [3.8, 4) is 11.8 Å². The molecular formula is C13H10N2O2S. The highest BCUT2D eigenvalue weighted by atomic mass is 32.1. The Kier molecular flexibility index (Phi) is 3.60. The number of hydrogen-bond acceptors (Lipinski definition) is 4. The van der Waals surface area contributed by atoms with Crippen LogP contribution in [0.2, 0.25) is 0 Å². The summed E-state index contributed by atoms with van der Waals surface area (Å²) in [6.45, 7) is 0. The van der Waals surface area contributed by atoms with E-state index < -0.39 is 0 Å². The molecule has 0 bridgehead atoms. The zero-order valence-corrected chi connectivity index (χ0v) is 10.5. The van der Waals surface area contributed by atoms with Crippen molar-refractivity contribution in [1.29, 1.82) is 5.26 Å². The van der Waals surface area contributed by atoms with Crippen molar-refractivity contribution in [2.75, 3.05) is 12.4 Å². The highest BCUT2D eigenvalue weighted by Crippen LogP contribution is 2.23. The quantitative estimate of drug-likeness (QED) is 0.920. The standard InChI is InChI=1S/C13H10N2O2S/c1-17-11-4-2-3-9(7-11)12(16)15-13-10(8-14)5-6-18-13/h2-7H,1H3,(H,15,16). The topological polar surface area (TPSA) is 62.1 Å². The number of hydrogen-bond donors (Lipinski definition) is 1. The van der Waals surface area contributed by atoms with Gasteiger partial charge in [-0.15, -0.1) is 11.3 Å². The number of methoxy groups -OCH3 is 1. The summed E-state index contributed by atoms with van der Waals surface area (Å²) in [5.74, 6) is 0.363. The maximum absolute atomic E-state index is 12.0. The smallest absolute Gasteiger partial charge is 0.256 e. The Morgan fingerprint density at radius 1 is 1.44 bits per heavy atom. The first-order valence-corrected chi connectivity index (χ1v) is 6.05. The van der Waals surface area contributed by atoms with Crippen LogP contribution in [-0.4, -0.2) is 13.0 Å². The normalized spacial score (nSPS) is 9.56. The van der Waals surface area contributed by atoms with Crippen molar-refractivity contribution >= 4 is 22.2 Å². The van der Waals surface area contributed by atoms with E-state index in [1.165, 1.54) is 11.3 Å². The van der Waals surface area contributed by atoms with E-state index in [9.17, 15) is 4.79 Å². The second-order valence-electron chi connectivity index (χ2n) is 3.46. The van der Waals surface area contributed by atoms with Crippen LogP contribution in [0.3, 0.4) is 0 Å². The van der Waals surface area contributed by atoms with E-state index in [-0.39, 0.29) is 5.91 Å². The van der Waals surface area contributed by atoms with Crippen LogP contribution in [0.25, 0.3) is 0 Å². The molecule has 5 heteroatoms. The summed E-state index contributed by atoms with van der Waals surface area (Å²) in [6.07, 6.45) is 0. The highest BCUT2D eigenvalue weighted by molar-refractivity contribution is 7.14. The number of anilines is 1. The van der Waals surface area contributed by atoms with Crippen LogP contribution in [0, 0.1) is 11.3 Å². The summed E-state index contributed by atoms with van der Waals surface area (Å²) in [7, 11) is 1.55. The van der Waals surface area contributed by atoms with E-state index in [1.54, 1.807) is 42.8 Å². The van der Waals surface area contributed by atoms with Crippen molar-refractivity contribution in [3.05, 3.63) is 46.8 Å². The molecule has 0 unspecified atom stereocenters. The number of nitrogens with zero attached hydrogens (tertiary/aromatic N) is 1. The maximum Gasteiger partial charge on any atom is 0.256 e. The Balaban J connectivity index is 2.20. The summed E-state index contributed by atoms with van der Waals surface area (Å²) in [5, 5.41) is 13.9. The summed E-state index contributed by atoms with van der Waals surface area (Å²) < 4.78 is 5.06. The maximum atomic E-state index is 12.0. The van der Waals surface area contributed by atoms with Crippen LogP contribution >= 0.6 is 11.3 Å². The molecule has 0 aliphatic heterocycles. The predicted molar refractivity (Wildman–Crippen MR) is 70.0 cm³/mol. The van der Waals surface area contributed by atoms with Crippen molar-refractivity contribution in [2.24, 2.45) is 0 Å². The molecule has 1 heterocycles. The van der Waals surface area contributed by atoms with Crippen molar-refractivity contribution < 1.29 is 9.53 Å². The van der Waals surface area contributed by atoms with Gasteiger partial charge in [0, 0.05) is 5.56 Å². The first-order chi connectivity index (χ1) is 8.74. The summed E-state index contributed by atoms with van der Waals surface area (Å²) in [4.78, 5) is 12.0. The molecule has 1 aromatic heterocycles. The fourth-order valence-electron chi connectivity index (χ4n) is 1.43. The second-order valence-corrected chi connectivity index (χ2v) is 4.38. The van der Waals surface area contributed by atoms with Crippen molar-refractivity contribution in [1.82, 2.24) is 0 Å². The number of amides is 1. The van der Waals surface area contributed by atoms with Gasteiger partial charge in [0.2, 0.25) is 0 Å². The Morgan fingerprint density at radius 3 is 3.00 bits per heavy atom. The van der Waals surface area contributed by atoms with Gasteiger partial charge in [0.25, 0.3) is 5.91 Å². The Hall–Kier alpha value is -2.32. The molecule has 1 aromatic carbocycles. The first-order valence-electron chi connectivity index (χ1n) is 5.17. The van der Waals surface area contributed by atoms with Crippen molar-refractivity contribution in [3.63, 3.8) is 0 Å². The lowest BCUT2D eigenvalue weighted by Gasteiger charge is -2.05. The third-order valence-electron chi connectivity index (χ3n) is 2.34. The number of ether oxygens (including phenoxy) is 1. The van der Waals surface area contributed by atoms with Crippen LogP contribution < -0.4 is 10.1 Å². The minimum Gasteiger partial charge on any atom is -0.497 e. The van der Waals surface area contributed by atoms with E-state index in [1.807, 2.05) is 6.07 Å². The number of nitrogens with one attached hydrogen (secondary N) is 1. The molecule has 0 atom stereocenters. The molecule has 2 rings (SSSR count). The molecule has 0 saturated heterocycles. The minimum absolute atomic E-state index is 0.257. The van der Waals surface area contributed by atoms with E-state index in [4.69, 9.17) is 10.00 Å². The van der Waals surface area contributed by atoms with Gasteiger partial charge in [-0.25, -0.2) is 0 Å². The molecule has 2 aromatic rings. The second kappa shape index (κ2) is 5.34. The number of benzene rings is 1. The molecule has 90 valence electrons. The number of thiophene rings is 1. The zero-order chi connectivity index (χ0) is 13.0. The average Bonchev–Trinajstić information content (AvgIpc) is 2.86. The largest absolute Gasteiger partial charge is 0.497 e. The fraction of sp³-hybridized carbons (Fsp3) is 0.0769. The molecule has 0 fully saturated rings. The van der Waals surface area contributed by atoms with E-state index >= 15 is 0 Å². The zero-order valence-electron chi connectivity index (χ0n) is 9.64. The van der Waals surface area contributed by atoms with Crippen LogP contribution in [0.15, 0.2) is 35.7 Å². The third kappa shape index (κ3) is 2.50. The highest BCUT2D eigenvalue weighted by Gasteiger charge is 2.10. The van der Waals surface area contributed by atoms with E-state index in [0.717, 1.165) is 0 Å². The van der Waals surface area contributed by atoms with Crippen LogP contribution in [0.5, 0.6) is 5.75 Å². The van der Waals surface area contributed by atoms with Gasteiger partial charge in [0.15, 0.2) is 0 Å². The number of rotatable bonds is 3. The fourth-order valence-corrected chi connectivity index (χ4v) is 2.17. The van der Waals surface area contributed by atoms with Crippen LogP contribution in [0.1, 0.15) is 15.9 Å². The number of carbonyl (C=O) groups is 1. The molecule has 18 heavy (non-hydrogen) atoms. The predicted octanol–water partition coefficient (Wildman–Crippen LogP) is 2.88. The monoisotopic (exact) mass is 258 g/mol. The van der Waals surface area contributed by atoms with Crippen LogP contribution in [-0.2, 0) is 0 Å². The average molecular weight is 258 g/mol. The molecule has 1 amide bonds. The van der Waals surface area contributed by atoms with Gasteiger partial charge in [0.05, 0.1) is 12.7 Å². The molecule has 0 aliphatic rings. The van der Waals surface area contributed by atoms with Crippen LogP contribution in [0.4, 0.5) is 5.00 Å². The van der Waals surface area contributed by atoms with E-state index in [2.05, 4.69) is 5.32 Å². The lowest BCUT2D eigenvalue weighted by atomic mass is 10.2. The van der Waals surface area contributed by atoms with Gasteiger partial charge in [-0.1, -0.05) is 6.07 Å². The minimum atomic E-state index is -0.257. The third-order valence-corrected chi connectivity index (χ3v) is 3.17. The lowest BCUT2D eigenvalue weighted by Crippen LogP contribution is -2.11. The Morgan fingerprint density at radius 2 is 2.28 bits per heavy atom. The summed E-state index contributed by atoms with van der Waals surface area (Å²) >= 11 is 1.32. The Bertz CT molecular complexity index is 613. The number of nitriles is 1. The molecule has 0 spiro atoms. The molecule has 4 nitrogen and oxygen atoms in total. The SMILES string of the molecule is COc1cccc(C(=O)Nc2sccc2C#N)c1.